The van der Waals surface area contributed by atoms with E-state index in [4.69, 9.17) is 11.5 Å². The normalized spacial score (nSPS) is 27.4. The number of aliphatic carboxylic acids is 1. The molecule has 5 aromatic rings. The van der Waals surface area contributed by atoms with Crippen LogP contribution in [-0.2, 0) is 118 Å². The van der Waals surface area contributed by atoms with Gasteiger partial charge in [0.1, 0.15) is 90.5 Å². The van der Waals surface area contributed by atoms with E-state index in [1.54, 1.807) is 82.4 Å². The number of hydrogen-bond acceptors (Lipinski definition) is 21. The molecule has 0 spiro atoms. The SMILES string of the molecule is CC(C)C[C@@H]1NC(=O)C2CCCCCCC(NC(=O)[C@H](Cc3cn(CC(=O)O)c4ccccc34)NC(=O)[C@H](CCN)NC(=O)[C@H](Cc3c[nH]c4ccccc34)NC(=O)[C@@H]3C[C@@H](O)CN3C(=O)[C@H](CC(C)C)NC(=O)CNC(=O)[C@H]3CCC4CC[C@@H](NC(=O)[C@@H]5CCCN5C(=O)[C@H](Cc5ccc(O)cc5)NC(=O)C[S+]([O-])C[C@@H](C(=O)NCC(N)=O)N(C)C1=O)C(=O)N43)C(=O)N2C. The number of phenolic OH excluding ortho intramolecular Hbond substituents is 1. The van der Waals surface area contributed by atoms with Crippen molar-refractivity contribution in [3.63, 3.8) is 0 Å². The molecule has 130 heavy (non-hydrogen) atoms. The minimum atomic E-state index is -2.41. The van der Waals surface area contributed by atoms with Crippen LogP contribution in [0.3, 0.4) is 0 Å². The number of aromatic hydroxyl groups is 1. The molecule has 6 saturated heterocycles. The molecule has 8 heterocycles. The largest absolute Gasteiger partial charge is 0.616 e. The molecule has 3 aromatic carbocycles. The summed E-state index contributed by atoms with van der Waals surface area (Å²) in [4.78, 5) is 257. The molecule has 704 valence electrons. The predicted octanol–water partition coefficient (Wildman–Crippen LogP) is -2.15. The number of aliphatic hydroxyl groups is 1. The molecule has 11 rings (SSSR count). The highest BCUT2D eigenvalue weighted by atomic mass is 32.2. The van der Waals surface area contributed by atoms with Gasteiger partial charge in [-0.2, -0.15) is 0 Å². The van der Waals surface area contributed by atoms with Crippen molar-refractivity contribution < 1.29 is 101 Å². The van der Waals surface area contributed by atoms with Gasteiger partial charge in [-0.05, 0) is 141 Å². The second-order valence-electron chi connectivity index (χ2n) is 35.5. The molecule has 0 aliphatic carbocycles. The van der Waals surface area contributed by atoms with Gasteiger partial charge in [0.2, 0.25) is 88.6 Å². The van der Waals surface area contributed by atoms with Crippen LogP contribution in [0.4, 0.5) is 0 Å². The van der Waals surface area contributed by atoms with Gasteiger partial charge in [0, 0.05) is 93.1 Å². The van der Waals surface area contributed by atoms with Crippen molar-refractivity contribution in [1.82, 2.24) is 87.2 Å². The quantitative estimate of drug-likeness (QED) is 0.0442. The third kappa shape index (κ3) is 25.0. The number of rotatable bonds is 17. The fraction of sp³-hybridized carbons (Fsp3) is 0.562. The first-order valence-corrected chi connectivity index (χ1v) is 46.0. The Balaban J connectivity index is 0.927. The number of nitrogens with one attached hydrogen (secondary N) is 11. The van der Waals surface area contributed by atoms with Crippen LogP contribution in [0.5, 0.6) is 5.75 Å². The average molecular weight is 1830 g/mol. The number of fused-ring (bicyclic) bond motifs is 8. The Labute approximate surface area is 754 Å². The van der Waals surface area contributed by atoms with E-state index < -0.39 is 240 Å². The van der Waals surface area contributed by atoms with Gasteiger partial charge in [-0.3, -0.25) is 81.5 Å². The maximum Gasteiger partial charge on any atom is 0.323 e. The molecule has 6 fully saturated rings. The summed E-state index contributed by atoms with van der Waals surface area (Å²) < 4.78 is 16.0. The van der Waals surface area contributed by atoms with Crippen molar-refractivity contribution in [1.29, 1.82) is 0 Å². The molecule has 0 saturated carbocycles. The standard InChI is InChI=1S/C89H121N19O21S/c1-48(2)34-64-86(125)104(6)72(81(120)93-41-73(91)111)46-130(129)47-75(113)96-66(36-50-23-27-54(109)28-24-50)87(126)106-33-15-22-69(106)83(122)99-61-29-25-53-26-30-70(108(53)89(61)128)80(119)94-42-74(112)95-65(35-49(3)4)88(127)107-44-55(110)39-71(107)84(123)101-62(37-51-40-92-58-18-13-11-16-56(51)58)78(117)97-59(31-32-90)77(116)100-63(38-52-43-105(45-76(114)115)67-20-14-12-17-57(52)67)79(118)98-60-19-9-7-8-10-21-68(82(121)102-64)103(5)85(60)124/h11-14,16-18,20,23-24,27-28,40,43,48-49,53,55,59-66,68-72,92,109-110H,7-10,15,19,21-22,25-26,29-39,41-42,44-47,90H2,1-6H3,(H2,91,111)(H,93,120)(H,94,119)(H,95,112)(H,96,113)(H,97,117)(H,98,118)(H,99,122)(H,100,116)(H,101,123)(H,102,121)(H,114,115)/t53?,55-,59+,60?,61-,62+,63+,64+,65+,66+,68?,69+,70-,71+,72+,130?/m1/s1. The molecule has 41 heteroatoms. The van der Waals surface area contributed by atoms with Crippen LogP contribution in [0.15, 0.2) is 85.2 Å². The van der Waals surface area contributed by atoms with Gasteiger partial charge in [-0.25, -0.2) is 0 Å². The number of phenols is 1. The van der Waals surface area contributed by atoms with Gasteiger partial charge in [0.15, 0.2) is 11.8 Å². The van der Waals surface area contributed by atoms with Gasteiger partial charge in [-0.1, -0.05) is 102 Å². The number of hydrogen-bond donors (Lipinski definition) is 16. The molecule has 4 bridgehead atoms. The highest BCUT2D eigenvalue weighted by molar-refractivity contribution is 7.92. The number of aliphatic hydroxyl groups excluding tert-OH is 1. The monoisotopic (exact) mass is 1820 g/mol. The summed E-state index contributed by atoms with van der Waals surface area (Å²) in [6, 6.07) is 0.328. The van der Waals surface area contributed by atoms with Crippen LogP contribution >= 0.6 is 0 Å². The summed E-state index contributed by atoms with van der Waals surface area (Å²) in [6.45, 7) is 4.41. The maximum atomic E-state index is 15.5. The Morgan fingerprint density at radius 1 is 0.554 bits per heavy atom. The number of aromatic amines is 1. The Hall–Kier alpha value is -12.2. The number of piperidine rings is 1. The summed E-state index contributed by atoms with van der Waals surface area (Å²) in [5, 5.41) is 59.8. The zero-order chi connectivity index (χ0) is 94.1. The van der Waals surface area contributed by atoms with E-state index in [-0.39, 0.29) is 108 Å². The lowest BCUT2D eigenvalue weighted by Crippen LogP contribution is -2.61. The Morgan fingerprint density at radius 3 is 1.82 bits per heavy atom. The molecule has 0 radical (unpaired) electrons. The number of primary amides is 1. The van der Waals surface area contributed by atoms with Crippen LogP contribution in [-0.4, -0.2) is 303 Å². The van der Waals surface area contributed by atoms with Gasteiger partial charge < -0.3 is 119 Å². The number of carboxylic acid groups (broad SMARTS) is 1. The van der Waals surface area contributed by atoms with E-state index in [2.05, 4.69) is 58.2 Å². The number of likely N-dealkylation sites (N-methyl/N-ethyl adjacent to an activating group) is 2. The Morgan fingerprint density at radius 2 is 1.13 bits per heavy atom. The summed E-state index contributed by atoms with van der Waals surface area (Å²) in [5.41, 5.74) is 14.1. The minimum absolute atomic E-state index is 0.00124. The van der Waals surface area contributed by atoms with Crippen molar-refractivity contribution in [3.05, 3.63) is 102 Å². The number of nitrogens with zero attached hydrogens (tertiary/aromatic N) is 6. The Kier molecular flexibility index (Phi) is 33.9. The van der Waals surface area contributed by atoms with Crippen molar-refractivity contribution in [2.75, 3.05) is 58.3 Å². The summed E-state index contributed by atoms with van der Waals surface area (Å²) in [5.74, 6) is -17.5. The van der Waals surface area contributed by atoms with Crippen LogP contribution in [0, 0.1) is 11.8 Å². The third-order valence-electron chi connectivity index (χ3n) is 25.0. The van der Waals surface area contributed by atoms with Crippen molar-refractivity contribution in [2.24, 2.45) is 23.3 Å². The number of amides is 16. The number of benzene rings is 3. The lowest BCUT2D eigenvalue weighted by molar-refractivity contribution is -0.147. The number of carboxylic acids is 1. The van der Waals surface area contributed by atoms with Crippen LogP contribution in [0.25, 0.3) is 21.8 Å². The molecule has 4 unspecified atom stereocenters. The minimum Gasteiger partial charge on any atom is -0.616 e. The van der Waals surface area contributed by atoms with Gasteiger partial charge in [-0.15, -0.1) is 0 Å². The number of nitrogens with two attached hydrogens (primary N) is 2. The molecule has 6 aliphatic rings. The lowest BCUT2D eigenvalue weighted by Gasteiger charge is -2.38. The molecular formula is C89H121N19O21S. The molecule has 40 nitrogen and oxygen atoms in total. The van der Waals surface area contributed by atoms with Crippen molar-refractivity contribution in [3.8, 4) is 5.75 Å². The zero-order valence-electron chi connectivity index (χ0n) is 73.9. The highest BCUT2D eigenvalue weighted by Gasteiger charge is 2.50. The van der Waals surface area contributed by atoms with Crippen LogP contribution < -0.4 is 64.6 Å². The van der Waals surface area contributed by atoms with Crippen LogP contribution in [0.1, 0.15) is 147 Å². The van der Waals surface area contributed by atoms with E-state index in [1.165, 1.54) is 58.9 Å². The summed E-state index contributed by atoms with van der Waals surface area (Å²) in [6.07, 6.45) is 3.46. The zero-order valence-corrected chi connectivity index (χ0v) is 74.7. The van der Waals surface area contributed by atoms with Crippen molar-refractivity contribution in [2.45, 2.75) is 247 Å². The molecule has 6 aliphatic heterocycles. The maximum absolute atomic E-state index is 15.5. The van der Waals surface area contributed by atoms with E-state index in [0.717, 1.165) is 14.7 Å². The lowest BCUT2D eigenvalue weighted by atomic mass is 9.97. The highest BCUT2D eigenvalue weighted by Crippen LogP contribution is 2.35. The molecule has 18 N–H and O–H groups in total. The molecule has 2 aromatic heterocycles. The topological polar surface area (TPSA) is 583 Å². The number of carbonyl (C=O) groups is 17. The van der Waals surface area contributed by atoms with E-state index >= 15 is 43.2 Å². The number of aromatic nitrogens is 2. The second kappa shape index (κ2) is 44.9. The van der Waals surface area contributed by atoms with Gasteiger partial charge in [0.05, 0.1) is 19.2 Å². The first kappa shape index (κ1) is 98.4. The van der Waals surface area contributed by atoms with E-state index in [1.807, 2.05) is 0 Å². The average Bonchev–Trinajstić information content (AvgIpc) is 1.66. The predicted molar refractivity (Wildman–Crippen MR) is 473 cm³/mol. The molecule has 16 atom stereocenters. The fourth-order valence-electron chi connectivity index (χ4n) is 18.4. The first-order chi connectivity index (χ1) is 61.9. The van der Waals surface area contributed by atoms with Gasteiger partial charge in [0.25, 0.3) is 5.91 Å². The fourth-order valence-corrected chi connectivity index (χ4v) is 19.6. The number of H-pyrrole nitrogens is 1. The molecule has 16 amide bonds. The van der Waals surface area contributed by atoms with Crippen LogP contribution in [0.2, 0.25) is 0 Å². The van der Waals surface area contributed by atoms with Gasteiger partial charge >= 0.3 is 5.97 Å². The van der Waals surface area contributed by atoms with E-state index in [9.17, 15) is 58.2 Å². The smallest absolute Gasteiger partial charge is 0.323 e. The Bertz CT molecular complexity index is 5020. The number of para-hydroxylation sites is 2. The summed E-state index contributed by atoms with van der Waals surface area (Å²) >= 11 is -2.41. The first-order valence-electron chi connectivity index (χ1n) is 44.5. The van der Waals surface area contributed by atoms with E-state index in [0.29, 0.717) is 83.4 Å². The molecular weight excluding hydrogens is 1700 g/mol. The number of carbonyl (C=O) groups excluding carboxylic acids is 16. The second-order valence-corrected chi connectivity index (χ2v) is 37.0. The van der Waals surface area contributed by atoms with Crippen molar-refractivity contribution >= 4 is 133 Å². The third-order valence-corrected chi connectivity index (χ3v) is 26.2. The summed E-state index contributed by atoms with van der Waals surface area (Å²) in [7, 11) is 2.51.